The van der Waals surface area contributed by atoms with Gasteiger partial charge in [-0.25, -0.2) is 9.97 Å². The highest BCUT2D eigenvalue weighted by molar-refractivity contribution is 7.99. The molecule has 222 valence electrons. The number of pyridine rings is 1. The van der Waals surface area contributed by atoms with E-state index in [0.29, 0.717) is 32.5 Å². The normalized spacial score (nSPS) is 11.8. The summed E-state index contributed by atoms with van der Waals surface area (Å²) in [7, 11) is 0. The third-order valence-electron chi connectivity index (χ3n) is 7.41. The van der Waals surface area contributed by atoms with Gasteiger partial charge < -0.3 is 0 Å². The van der Waals surface area contributed by atoms with E-state index in [4.69, 9.17) is 43.4 Å². The van der Waals surface area contributed by atoms with Crippen molar-refractivity contribution in [3.05, 3.63) is 118 Å². The Labute approximate surface area is 279 Å². The summed E-state index contributed by atoms with van der Waals surface area (Å²) >= 11 is 16.4. The molecule has 0 saturated heterocycles. The van der Waals surface area contributed by atoms with Crippen LogP contribution in [0.5, 0.6) is 0 Å². The van der Waals surface area contributed by atoms with Gasteiger partial charge in [0.05, 0.1) is 21.1 Å². The fourth-order valence-electron chi connectivity index (χ4n) is 5.05. The van der Waals surface area contributed by atoms with E-state index in [1.54, 1.807) is 29.8 Å². The van der Waals surface area contributed by atoms with E-state index >= 15 is 0 Å². The molecular formula is C35H26Cl2N6S2. The smallest absolute Gasteiger partial charge is 0.202 e. The Morgan fingerprint density at radius 3 is 2.29 bits per heavy atom. The maximum atomic E-state index is 6.84. The second-order valence-corrected chi connectivity index (χ2v) is 14.0. The number of hydrogen-bond acceptors (Lipinski definition) is 7. The van der Waals surface area contributed by atoms with Gasteiger partial charge in [-0.1, -0.05) is 105 Å². The zero-order valence-electron chi connectivity index (χ0n) is 24.6. The minimum atomic E-state index is 0.0187. The van der Waals surface area contributed by atoms with Gasteiger partial charge >= 0.3 is 0 Å². The summed E-state index contributed by atoms with van der Waals surface area (Å²) in [5, 5.41) is 14.7. The summed E-state index contributed by atoms with van der Waals surface area (Å²) in [4.78, 5) is 15.2. The summed E-state index contributed by atoms with van der Waals surface area (Å²) in [6.07, 6.45) is 3.51. The van der Waals surface area contributed by atoms with Crippen LogP contribution >= 0.6 is 46.3 Å². The molecule has 0 aliphatic heterocycles. The Balaban J connectivity index is 1.44. The van der Waals surface area contributed by atoms with Gasteiger partial charge in [-0.3, -0.25) is 9.55 Å². The molecule has 0 aliphatic carbocycles. The van der Waals surface area contributed by atoms with Crippen LogP contribution in [0.3, 0.4) is 0 Å². The first-order valence-corrected chi connectivity index (χ1v) is 16.7. The first-order chi connectivity index (χ1) is 21.8. The molecule has 6 nitrogen and oxygen atoms in total. The van der Waals surface area contributed by atoms with Crippen LogP contribution in [0.1, 0.15) is 26.3 Å². The van der Waals surface area contributed by atoms with Crippen molar-refractivity contribution in [3.8, 4) is 39.6 Å². The van der Waals surface area contributed by atoms with Crippen molar-refractivity contribution >= 4 is 56.5 Å². The average Bonchev–Trinajstić information content (AvgIpc) is 3.68. The van der Waals surface area contributed by atoms with Gasteiger partial charge in [0.1, 0.15) is 9.86 Å². The van der Waals surface area contributed by atoms with E-state index in [-0.39, 0.29) is 5.41 Å². The molecule has 0 fully saturated rings. The molecule has 3 aromatic carbocycles. The van der Waals surface area contributed by atoms with Gasteiger partial charge in [-0.2, -0.15) is 0 Å². The van der Waals surface area contributed by atoms with E-state index in [1.807, 2.05) is 47.0 Å². The Morgan fingerprint density at radius 2 is 1.56 bits per heavy atom. The Morgan fingerprint density at radius 1 is 0.778 bits per heavy atom. The van der Waals surface area contributed by atoms with Gasteiger partial charge in [0.2, 0.25) is 5.16 Å². The number of rotatable bonds is 6. The number of nitrogens with zero attached hydrogens (tertiary/aromatic N) is 6. The van der Waals surface area contributed by atoms with Crippen molar-refractivity contribution in [2.24, 2.45) is 0 Å². The fourth-order valence-corrected chi connectivity index (χ4v) is 7.41. The molecule has 0 N–H and O–H groups in total. The van der Waals surface area contributed by atoms with Crippen molar-refractivity contribution in [1.82, 2.24) is 29.7 Å². The number of benzene rings is 3. The summed E-state index contributed by atoms with van der Waals surface area (Å²) in [5.74, 6) is 1.23. The first kappa shape index (κ1) is 29.6. The molecule has 7 aromatic rings. The summed E-state index contributed by atoms with van der Waals surface area (Å²) in [6, 6.07) is 28.1. The SMILES string of the molecule is CC(C)(C)c1ccc(-c2nnc(Sc3nc(-c4cccnc4)nc4scc(-c5ccccc5)c34)n2-c2cccc(Cl)c2Cl)cc1. The lowest BCUT2D eigenvalue weighted by atomic mass is 9.87. The largest absolute Gasteiger partial charge is 0.268 e. The summed E-state index contributed by atoms with van der Waals surface area (Å²) in [5.41, 5.74) is 5.80. The maximum absolute atomic E-state index is 6.84. The van der Waals surface area contributed by atoms with Crippen molar-refractivity contribution in [2.45, 2.75) is 36.4 Å². The molecule has 0 unspecified atom stereocenters. The highest BCUT2D eigenvalue weighted by Crippen LogP contribution is 2.43. The molecule has 0 aliphatic rings. The van der Waals surface area contributed by atoms with Crippen molar-refractivity contribution in [3.63, 3.8) is 0 Å². The standard InChI is InChI=1S/C35H26Cl2N6S2/c1-35(2,3)24-16-14-22(15-17-24)31-41-42-34(43(31)27-13-7-12-26(36)29(27)37)45-33-28-25(21-9-5-4-6-10-21)20-44-32(28)39-30(40-33)23-11-8-18-38-19-23/h4-20H,1-3H3. The van der Waals surface area contributed by atoms with Crippen molar-refractivity contribution < 1.29 is 0 Å². The van der Waals surface area contributed by atoms with E-state index in [2.05, 4.69) is 67.5 Å². The maximum Gasteiger partial charge on any atom is 0.202 e. The molecule has 10 heteroatoms. The molecule has 0 atom stereocenters. The fraction of sp³-hybridized carbons (Fsp3) is 0.114. The molecule has 45 heavy (non-hydrogen) atoms. The van der Waals surface area contributed by atoms with Gasteiger partial charge in [0.25, 0.3) is 0 Å². The molecule has 0 bridgehead atoms. The average molecular weight is 666 g/mol. The quantitative estimate of drug-likeness (QED) is 0.165. The third kappa shape index (κ3) is 5.75. The molecule has 4 aromatic heterocycles. The minimum Gasteiger partial charge on any atom is -0.268 e. The number of fused-ring (bicyclic) bond motifs is 1. The summed E-state index contributed by atoms with van der Waals surface area (Å²) in [6.45, 7) is 6.59. The number of halogens is 2. The zero-order chi connectivity index (χ0) is 31.1. The van der Waals surface area contributed by atoms with Crippen LogP contribution in [-0.4, -0.2) is 29.7 Å². The lowest BCUT2D eigenvalue weighted by Gasteiger charge is -2.19. The lowest BCUT2D eigenvalue weighted by Crippen LogP contribution is -2.10. The Kier molecular flexibility index (Phi) is 7.91. The predicted octanol–water partition coefficient (Wildman–Crippen LogP) is 10.4. The van der Waals surface area contributed by atoms with Crippen LogP contribution in [0, 0.1) is 0 Å². The molecule has 0 amide bonds. The van der Waals surface area contributed by atoms with Crippen LogP contribution in [0.4, 0.5) is 0 Å². The molecule has 0 spiro atoms. The number of thiophene rings is 1. The van der Waals surface area contributed by atoms with E-state index in [9.17, 15) is 0 Å². The Hall–Kier alpha value is -4.08. The second-order valence-electron chi connectivity index (χ2n) is 11.4. The van der Waals surface area contributed by atoms with Gasteiger partial charge in [-0.05, 0) is 52.6 Å². The molecule has 7 rings (SSSR count). The zero-order valence-corrected chi connectivity index (χ0v) is 27.7. The third-order valence-corrected chi connectivity index (χ3v) is 10.0. The van der Waals surface area contributed by atoms with Gasteiger partial charge in [-0.15, -0.1) is 21.5 Å². The lowest BCUT2D eigenvalue weighted by molar-refractivity contribution is 0.590. The highest BCUT2D eigenvalue weighted by atomic mass is 35.5. The van der Waals surface area contributed by atoms with Gasteiger partial charge in [0, 0.05) is 34.5 Å². The molecule has 0 radical (unpaired) electrons. The number of hydrogen-bond donors (Lipinski definition) is 0. The van der Waals surface area contributed by atoms with E-state index in [0.717, 1.165) is 37.5 Å². The Bertz CT molecular complexity index is 2140. The van der Waals surface area contributed by atoms with E-state index < -0.39 is 0 Å². The van der Waals surface area contributed by atoms with Crippen LogP contribution in [0.2, 0.25) is 10.0 Å². The first-order valence-electron chi connectivity index (χ1n) is 14.2. The van der Waals surface area contributed by atoms with E-state index in [1.165, 1.54) is 17.3 Å². The monoisotopic (exact) mass is 664 g/mol. The van der Waals surface area contributed by atoms with Gasteiger partial charge in [0.15, 0.2) is 11.6 Å². The molecular weight excluding hydrogens is 639 g/mol. The number of aromatic nitrogens is 6. The molecule has 4 heterocycles. The second kappa shape index (κ2) is 12.0. The minimum absolute atomic E-state index is 0.0187. The van der Waals surface area contributed by atoms with Crippen LogP contribution < -0.4 is 0 Å². The molecule has 0 saturated carbocycles. The van der Waals surface area contributed by atoms with Crippen molar-refractivity contribution in [2.75, 3.05) is 0 Å². The predicted molar refractivity (Wildman–Crippen MR) is 186 cm³/mol. The highest BCUT2D eigenvalue weighted by Gasteiger charge is 2.24. The van der Waals surface area contributed by atoms with Crippen LogP contribution in [0.25, 0.3) is 49.8 Å². The summed E-state index contributed by atoms with van der Waals surface area (Å²) < 4.78 is 1.96. The van der Waals surface area contributed by atoms with Crippen LogP contribution in [0.15, 0.2) is 113 Å². The van der Waals surface area contributed by atoms with Crippen molar-refractivity contribution in [1.29, 1.82) is 0 Å². The van der Waals surface area contributed by atoms with Crippen LogP contribution in [-0.2, 0) is 5.41 Å². The topological polar surface area (TPSA) is 69.4 Å².